The molecule has 3 nitrogen and oxygen atoms in total. The zero-order valence-corrected chi connectivity index (χ0v) is 10.6. The Balaban J connectivity index is 2.22. The van der Waals surface area contributed by atoms with Crippen molar-refractivity contribution in [3.63, 3.8) is 0 Å². The lowest BCUT2D eigenvalue weighted by Gasteiger charge is -2.12. The summed E-state index contributed by atoms with van der Waals surface area (Å²) in [6, 6.07) is 6.55. The van der Waals surface area contributed by atoms with Crippen LogP contribution in [0.15, 0.2) is 18.2 Å². The van der Waals surface area contributed by atoms with E-state index >= 15 is 0 Å². The number of halogens is 1. The molecule has 4 heteroatoms. The van der Waals surface area contributed by atoms with Crippen molar-refractivity contribution < 1.29 is 0 Å². The largest absolute Gasteiger partial charge is 0.330 e. The van der Waals surface area contributed by atoms with Crippen molar-refractivity contribution in [1.82, 2.24) is 9.55 Å². The van der Waals surface area contributed by atoms with Gasteiger partial charge in [0.1, 0.15) is 5.82 Å². The van der Waals surface area contributed by atoms with Crippen LogP contribution in [0.2, 0.25) is 5.02 Å². The molecule has 0 saturated heterocycles. The normalized spacial score (nSPS) is 17.6. The minimum atomic E-state index is 0.293. The van der Waals surface area contributed by atoms with Gasteiger partial charge in [-0.2, -0.15) is 0 Å². The summed E-state index contributed by atoms with van der Waals surface area (Å²) in [6.07, 6.45) is 2.50. The lowest BCUT2D eigenvalue weighted by Crippen LogP contribution is -2.14. The van der Waals surface area contributed by atoms with Gasteiger partial charge >= 0.3 is 0 Å². The van der Waals surface area contributed by atoms with E-state index in [2.05, 4.69) is 17.6 Å². The Bertz CT molecular complexity index is 557. The molecule has 90 valence electrons. The van der Waals surface area contributed by atoms with E-state index in [1.165, 1.54) is 18.4 Å². The van der Waals surface area contributed by atoms with Crippen LogP contribution in [0.1, 0.15) is 37.5 Å². The molecule has 1 aromatic heterocycles. The quantitative estimate of drug-likeness (QED) is 0.909. The lowest BCUT2D eigenvalue weighted by atomic mass is 10.1. The fraction of sp³-hybridized carbons (Fsp3) is 0.462. The smallest absolute Gasteiger partial charge is 0.114 e. The summed E-state index contributed by atoms with van der Waals surface area (Å²) in [6.45, 7) is 2.76. The van der Waals surface area contributed by atoms with E-state index < -0.39 is 0 Å². The molecule has 1 heterocycles. The number of fused-ring (bicyclic) bond motifs is 1. The predicted molar refractivity (Wildman–Crippen MR) is 70.5 cm³/mol. The number of hydrogen-bond donors (Lipinski definition) is 1. The second kappa shape index (κ2) is 4.00. The number of aromatic nitrogens is 2. The molecule has 1 saturated carbocycles. The molecule has 2 N–H and O–H groups in total. The summed E-state index contributed by atoms with van der Waals surface area (Å²) < 4.78 is 2.35. The van der Waals surface area contributed by atoms with Crippen molar-refractivity contribution in [2.45, 2.75) is 31.7 Å². The first-order chi connectivity index (χ1) is 8.20. The molecule has 2 aromatic rings. The highest BCUT2D eigenvalue weighted by Crippen LogP contribution is 2.40. The summed E-state index contributed by atoms with van der Waals surface area (Å²) in [5.41, 5.74) is 7.94. The van der Waals surface area contributed by atoms with Crippen LogP contribution in [0.5, 0.6) is 0 Å². The third-order valence-corrected chi connectivity index (χ3v) is 3.62. The molecule has 3 rings (SSSR count). The molecule has 0 spiro atoms. The molecule has 17 heavy (non-hydrogen) atoms. The second-order valence-corrected chi connectivity index (χ2v) is 5.28. The van der Waals surface area contributed by atoms with Gasteiger partial charge in [-0.1, -0.05) is 18.5 Å². The van der Waals surface area contributed by atoms with E-state index in [4.69, 9.17) is 22.3 Å². The van der Waals surface area contributed by atoms with Gasteiger partial charge in [0.15, 0.2) is 0 Å². The molecule has 0 aliphatic heterocycles. The van der Waals surface area contributed by atoms with Crippen molar-refractivity contribution in [1.29, 1.82) is 0 Å². The average Bonchev–Trinajstić information content (AvgIpc) is 3.09. The van der Waals surface area contributed by atoms with E-state index in [-0.39, 0.29) is 0 Å². The van der Waals surface area contributed by atoms with Crippen molar-refractivity contribution in [3.05, 3.63) is 29.0 Å². The molecular weight excluding hydrogens is 234 g/mol. The molecule has 1 atom stereocenters. The third-order valence-electron chi connectivity index (χ3n) is 3.39. The molecule has 1 aliphatic carbocycles. The Morgan fingerprint density at radius 1 is 1.53 bits per heavy atom. The van der Waals surface area contributed by atoms with Gasteiger partial charge in [0.25, 0.3) is 0 Å². The van der Waals surface area contributed by atoms with E-state index in [1.54, 1.807) is 0 Å². The van der Waals surface area contributed by atoms with Gasteiger partial charge in [0.2, 0.25) is 0 Å². The molecule has 0 bridgehead atoms. The number of imidazole rings is 1. The van der Waals surface area contributed by atoms with E-state index in [1.807, 2.05) is 12.1 Å². The van der Waals surface area contributed by atoms with Crippen molar-refractivity contribution in [2.24, 2.45) is 5.73 Å². The Kier molecular flexibility index (Phi) is 2.60. The number of nitrogens with two attached hydrogens (primary N) is 1. The van der Waals surface area contributed by atoms with Crippen LogP contribution in [0.3, 0.4) is 0 Å². The Morgan fingerprint density at radius 2 is 2.29 bits per heavy atom. The maximum Gasteiger partial charge on any atom is 0.114 e. The van der Waals surface area contributed by atoms with Crippen molar-refractivity contribution in [2.75, 3.05) is 6.54 Å². The van der Waals surface area contributed by atoms with E-state index in [9.17, 15) is 0 Å². The monoisotopic (exact) mass is 249 g/mol. The van der Waals surface area contributed by atoms with Crippen LogP contribution in [-0.4, -0.2) is 16.1 Å². The lowest BCUT2D eigenvalue weighted by molar-refractivity contribution is 0.629. The zero-order chi connectivity index (χ0) is 12.0. The number of benzene rings is 1. The number of rotatable bonds is 3. The highest BCUT2D eigenvalue weighted by Gasteiger charge is 2.29. The predicted octanol–water partition coefficient (Wildman–Crippen LogP) is 3.09. The summed E-state index contributed by atoms with van der Waals surface area (Å²) in [5.74, 6) is 1.40. The van der Waals surface area contributed by atoms with Crippen LogP contribution in [0.4, 0.5) is 0 Å². The fourth-order valence-corrected chi connectivity index (χ4v) is 2.43. The van der Waals surface area contributed by atoms with Gasteiger partial charge in [-0.15, -0.1) is 0 Å². The number of nitrogens with zero attached hydrogens (tertiary/aromatic N) is 2. The van der Waals surface area contributed by atoms with Gasteiger partial charge in [-0.25, -0.2) is 4.98 Å². The van der Waals surface area contributed by atoms with Gasteiger partial charge in [0.05, 0.1) is 11.0 Å². The minimum absolute atomic E-state index is 0.293. The van der Waals surface area contributed by atoms with Crippen LogP contribution in [0.25, 0.3) is 11.0 Å². The van der Waals surface area contributed by atoms with E-state index in [0.717, 1.165) is 16.4 Å². The topological polar surface area (TPSA) is 43.8 Å². The summed E-state index contributed by atoms with van der Waals surface area (Å²) >= 11 is 6.01. The number of hydrogen-bond acceptors (Lipinski definition) is 2. The summed E-state index contributed by atoms with van der Waals surface area (Å²) in [7, 11) is 0. The Labute approximate surface area is 106 Å². The summed E-state index contributed by atoms with van der Waals surface area (Å²) in [4.78, 5) is 4.70. The highest BCUT2D eigenvalue weighted by atomic mass is 35.5. The molecular formula is C13H16ClN3. The molecule has 1 unspecified atom stereocenters. The van der Waals surface area contributed by atoms with Gasteiger partial charge < -0.3 is 10.3 Å². The molecule has 1 aliphatic rings. The maximum atomic E-state index is 6.01. The van der Waals surface area contributed by atoms with Crippen LogP contribution < -0.4 is 5.73 Å². The third kappa shape index (κ3) is 1.83. The summed E-state index contributed by atoms with van der Waals surface area (Å²) in [5, 5.41) is 0.741. The standard InChI is InChI=1S/C13H16ClN3/c1-8(7-15)13-16-11-6-9(14)2-5-12(11)17(13)10-3-4-10/h2,5-6,8,10H,3-4,7,15H2,1H3. The molecule has 0 radical (unpaired) electrons. The second-order valence-electron chi connectivity index (χ2n) is 4.84. The van der Waals surface area contributed by atoms with Crippen LogP contribution in [0, 0.1) is 0 Å². The van der Waals surface area contributed by atoms with Gasteiger partial charge in [-0.05, 0) is 31.0 Å². The van der Waals surface area contributed by atoms with Crippen molar-refractivity contribution in [3.8, 4) is 0 Å². The maximum absolute atomic E-state index is 6.01. The first-order valence-electron chi connectivity index (χ1n) is 6.08. The first-order valence-corrected chi connectivity index (χ1v) is 6.46. The van der Waals surface area contributed by atoms with Crippen molar-refractivity contribution >= 4 is 22.6 Å². The highest BCUT2D eigenvalue weighted by molar-refractivity contribution is 6.31. The molecule has 1 aromatic carbocycles. The van der Waals surface area contributed by atoms with Gasteiger partial charge in [0, 0.05) is 23.5 Å². The average molecular weight is 250 g/mol. The van der Waals surface area contributed by atoms with Crippen LogP contribution in [-0.2, 0) is 0 Å². The minimum Gasteiger partial charge on any atom is -0.330 e. The Hall–Kier alpha value is -1.06. The van der Waals surface area contributed by atoms with E-state index in [0.29, 0.717) is 18.5 Å². The SMILES string of the molecule is CC(CN)c1nc2cc(Cl)ccc2n1C1CC1. The molecule has 0 amide bonds. The fourth-order valence-electron chi connectivity index (χ4n) is 2.26. The van der Waals surface area contributed by atoms with Crippen LogP contribution >= 0.6 is 11.6 Å². The first kappa shape index (κ1) is 11.1. The zero-order valence-electron chi connectivity index (χ0n) is 9.86. The van der Waals surface area contributed by atoms with Gasteiger partial charge in [-0.3, -0.25) is 0 Å². The molecule has 1 fully saturated rings. The Morgan fingerprint density at radius 3 is 2.94 bits per heavy atom.